The average Bonchev–Trinajstić information content (AvgIpc) is 2.61. The van der Waals surface area contributed by atoms with Crippen molar-refractivity contribution in [2.45, 2.75) is 25.8 Å². The van der Waals surface area contributed by atoms with E-state index in [1.54, 1.807) is 19.2 Å². The molecule has 23 heavy (non-hydrogen) atoms. The van der Waals surface area contributed by atoms with Gasteiger partial charge in [-0.3, -0.25) is 0 Å². The van der Waals surface area contributed by atoms with Gasteiger partial charge < -0.3 is 14.8 Å². The summed E-state index contributed by atoms with van der Waals surface area (Å²) in [5.74, 6) is 0.525. The van der Waals surface area contributed by atoms with Gasteiger partial charge >= 0.3 is 5.97 Å². The van der Waals surface area contributed by atoms with Crippen molar-refractivity contribution in [1.82, 2.24) is 0 Å². The second kappa shape index (κ2) is 8.22. The average molecular weight is 313 g/mol. The Bertz CT molecular complexity index is 620. The second-order valence-electron chi connectivity index (χ2n) is 5.33. The summed E-state index contributed by atoms with van der Waals surface area (Å²) in [6.07, 6.45) is 2.07. The van der Waals surface area contributed by atoms with E-state index in [0.717, 1.165) is 29.8 Å². The number of methoxy groups -OCH3 is 2. The first-order valence-corrected chi connectivity index (χ1v) is 7.76. The van der Waals surface area contributed by atoms with Gasteiger partial charge in [-0.05, 0) is 48.4 Å². The van der Waals surface area contributed by atoms with Crippen LogP contribution in [0.25, 0.3) is 0 Å². The lowest BCUT2D eigenvalue weighted by Crippen LogP contribution is -2.11. The predicted octanol–water partition coefficient (Wildman–Crippen LogP) is 4.44. The number of carbonyl (C=O) groups is 1. The Balaban J connectivity index is 2.14. The first kappa shape index (κ1) is 16.9. The first-order valence-electron chi connectivity index (χ1n) is 7.76. The molecule has 1 N–H and O–H groups in total. The second-order valence-corrected chi connectivity index (χ2v) is 5.33. The van der Waals surface area contributed by atoms with Gasteiger partial charge in [-0.25, -0.2) is 4.79 Å². The number of ether oxygens (including phenoxy) is 2. The Labute approximate surface area is 137 Å². The van der Waals surface area contributed by atoms with Crippen molar-refractivity contribution < 1.29 is 14.3 Å². The van der Waals surface area contributed by atoms with Gasteiger partial charge in [-0.15, -0.1) is 0 Å². The minimum Gasteiger partial charge on any atom is -0.497 e. The van der Waals surface area contributed by atoms with Crippen LogP contribution >= 0.6 is 0 Å². The summed E-state index contributed by atoms with van der Waals surface area (Å²) in [6.45, 7) is 2.16. The van der Waals surface area contributed by atoms with Crippen molar-refractivity contribution in [2.75, 3.05) is 19.5 Å². The standard InChI is InChI=1S/C19H23NO3/c1-4-5-18(20-16-10-12-17(22-2)13-11-16)14-6-8-15(9-7-14)19(21)23-3/h6-13,18,20H,4-5H2,1-3H3. The molecule has 4 nitrogen and oxygen atoms in total. The maximum absolute atomic E-state index is 11.5. The van der Waals surface area contributed by atoms with Gasteiger partial charge in [0.2, 0.25) is 0 Å². The molecule has 0 aliphatic heterocycles. The lowest BCUT2D eigenvalue weighted by Gasteiger charge is -2.20. The van der Waals surface area contributed by atoms with E-state index in [1.165, 1.54) is 7.11 Å². The van der Waals surface area contributed by atoms with Gasteiger partial charge in [-0.1, -0.05) is 25.5 Å². The molecule has 4 heteroatoms. The Morgan fingerprint density at radius 2 is 1.70 bits per heavy atom. The smallest absolute Gasteiger partial charge is 0.337 e. The number of hydrogen-bond donors (Lipinski definition) is 1. The van der Waals surface area contributed by atoms with E-state index in [4.69, 9.17) is 9.47 Å². The Morgan fingerprint density at radius 1 is 1.04 bits per heavy atom. The molecule has 0 aromatic heterocycles. The van der Waals surface area contributed by atoms with Crippen molar-refractivity contribution in [3.8, 4) is 5.75 Å². The quantitative estimate of drug-likeness (QED) is 0.768. The third-order valence-corrected chi connectivity index (χ3v) is 3.74. The fraction of sp³-hybridized carbons (Fsp3) is 0.316. The number of carbonyl (C=O) groups excluding carboxylic acids is 1. The van der Waals surface area contributed by atoms with Crippen LogP contribution in [0, 0.1) is 0 Å². The van der Waals surface area contributed by atoms with Gasteiger partial charge in [0.15, 0.2) is 0 Å². The summed E-state index contributed by atoms with van der Waals surface area (Å²) in [7, 11) is 3.05. The van der Waals surface area contributed by atoms with Crippen LogP contribution in [0.1, 0.15) is 41.7 Å². The summed E-state index contributed by atoms with van der Waals surface area (Å²) >= 11 is 0. The monoisotopic (exact) mass is 313 g/mol. The van der Waals surface area contributed by atoms with Gasteiger partial charge in [0.1, 0.15) is 5.75 Å². The Morgan fingerprint density at radius 3 is 2.22 bits per heavy atom. The lowest BCUT2D eigenvalue weighted by molar-refractivity contribution is 0.0600. The van der Waals surface area contributed by atoms with Crippen molar-refractivity contribution in [2.24, 2.45) is 0 Å². The number of benzene rings is 2. The molecule has 1 atom stereocenters. The van der Waals surface area contributed by atoms with E-state index in [-0.39, 0.29) is 12.0 Å². The number of rotatable bonds is 7. The molecule has 0 amide bonds. The van der Waals surface area contributed by atoms with Crippen LogP contribution in [0.2, 0.25) is 0 Å². The van der Waals surface area contributed by atoms with Crippen molar-refractivity contribution >= 4 is 11.7 Å². The minimum absolute atomic E-state index is 0.195. The number of nitrogens with one attached hydrogen (secondary N) is 1. The highest BCUT2D eigenvalue weighted by molar-refractivity contribution is 5.89. The van der Waals surface area contributed by atoms with Gasteiger partial charge in [0, 0.05) is 5.69 Å². The molecule has 0 radical (unpaired) electrons. The van der Waals surface area contributed by atoms with Crippen LogP contribution in [0.4, 0.5) is 5.69 Å². The summed E-state index contributed by atoms with van der Waals surface area (Å²) in [5, 5.41) is 3.54. The zero-order valence-electron chi connectivity index (χ0n) is 13.8. The summed E-state index contributed by atoms with van der Waals surface area (Å²) < 4.78 is 9.92. The molecule has 0 saturated heterocycles. The molecule has 1 unspecified atom stereocenters. The van der Waals surface area contributed by atoms with Crippen LogP contribution in [-0.2, 0) is 4.74 Å². The summed E-state index contributed by atoms with van der Waals surface area (Å²) in [6, 6.07) is 15.6. The van der Waals surface area contributed by atoms with E-state index >= 15 is 0 Å². The summed E-state index contributed by atoms with van der Waals surface area (Å²) in [5.41, 5.74) is 2.76. The normalized spacial score (nSPS) is 11.6. The SMILES string of the molecule is CCCC(Nc1ccc(OC)cc1)c1ccc(C(=O)OC)cc1. The fourth-order valence-electron chi connectivity index (χ4n) is 2.47. The molecule has 2 aromatic rings. The molecule has 2 rings (SSSR count). The third-order valence-electron chi connectivity index (χ3n) is 3.74. The maximum Gasteiger partial charge on any atom is 0.337 e. The fourth-order valence-corrected chi connectivity index (χ4v) is 2.47. The van der Waals surface area contributed by atoms with E-state index in [0.29, 0.717) is 5.56 Å². The topological polar surface area (TPSA) is 47.6 Å². The zero-order valence-corrected chi connectivity index (χ0v) is 13.8. The molecule has 0 aliphatic rings. The van der Waals surface area contributed by atoms with Crippen LogP contribution in [0.15, 0.2) is 48.5 Å². The molecule has 0 heterocycles. The molecular formula is C19H23NO3. The first-order chi connectivity index (χ1) is 11.2. The third kappa shape index (κ3) is 4.49. The van der Waals surface area contributed by atoms with Crippen LogP contribution < -0.4 is 10.1 Å². The van der Waals surface area contributed by atoms with E-state index < -0.39 is 0 Å². The highest BCUT2D eigenvalue weighted by atomic mass is 16.5. The molecule has 0 fully saturated rings. The minimum atomic E-state index is -0.313. The van der Waals surface area contributed by atoms with E-state index in [2.05, 4.69) is 12.2 Å². The van der Waals surface area contributed by atoms with Gasteiger partial charge in [0.25, 0.3) is 0 Å². The highest BCUT2D eigenvalue weighted by Crippen LogP contribution is 2.25. The molecule has 0 aliphatic carbocycles. The largest absolute Gasteiger partial charge is 0.497 e. The number of hydrogen-bond acceptors (Lipinski definition) is 4. The maximum atomic E-state index is 11.5. The molecule has 2 aromatic carbocycles. The predicted molar refractivity (Wildman–Crippen MR) is 92.0 cm³/mol. The van der Waals surface area contributed by atoms with Crippen LogP contribution in [0.5, 0.6) is 5.75 Å². The Hall–Kier alpha value is -2.49. The molecule has 122 valence electrons. The number of anilines is 1. The van der Waals surface area contributed by atoms with E-state index in [1.807, 2.05) is 36.4 Å². The van der Waals surface area contributed by atoms with Crippen molar-refractivity contribution in [1.29, 1.82) is 0 Å². The highest BCUT2D eigenvalue weighted by Gasteiger charge is 2.12. The van der Waals surface area contributed by atoms with Crippen LogP contribution in [-0.4, -0.2) is 20.2 Å². The number of esters is 1. The van der Waals surface area contributed by atoms with Gasteiger partial charge in [-0.2, -0.15) is 0 Å². The Kier molecular flexibility index (Phi) is 6.03. The van der Waals surface area contributed by atoms with Crippen molar-refractivity contribution in [3.05, 3.63) is 59.7 Å². The van der Waals surface area contributed by atoms with Crippen LogP contribution in [0.3, 0.4) is 0 Å². The molecule has 0 spiro atoms. The van der Waals surface area contributed by atoms with E-state index in [9.17, 15) is 4.79 Å². The zero-order chi connectivity index (χ0) is 16.7. The summed E-state index contributed by atoms with van der Waals surface area (Å²) in [4.78, 5) is 11.5. The molecule has 0 saturated carbocycles. The van der Waals surface area contributed by atoms with Gasteiger partial charge in [0.05, 0.1) is 25.8 Å². The molecular weight excluding hydrogens is 290 g/mol. The molecule has 0 bridgehead atoms. The van der Waals surface area contributed by atoms with Crippen molar-refractivity contribution in [3.63, 3.8) is 0 Å². The lowest BCUT2D eigenvalue weighted by atomic mass is 10.0.